The van der Waals surface area contributed by atoms with Crippen molar-refractivity contribution in [3.8, 4) is 17.0 Å². The standard InChI is InChI=1S/C33H36F4N6O3/c1-4-21-19-42(32(45)24-9-8-20(3)17-25(24)33(35,36)37)15-16-43(21)26-11-10-22(23-7-6-12-40-31(23)46-5-2)29(34)28(26)30(44)41-18-27-38-13-14-39-27/h6-12,17,21H,4-5,13-16,18-19H2,1-3H3,(H,38,39)(H,41,44)/t21-/m1/s1. The second-order valence-electron chi connectivity index (χ2n) is 11.1. The van der Waals surface area contributed by atoms with Gasteiger partial charge in [-0.15, -0.1) is 0 Å². The molecular formula is C33H36F4N6O3. The van der Waals surface area contributed by atoms with Gasteiger partial charge in [-0.05, 0) is 56.7 Å². The van der Waals surface area contributed by atoms with Crippen LogP contribution in [0.4, 0.5) is 23.2 Å². The molecule has 2 N–H and O–H groups in total. The van der Waals surface area contributed by atoms with Crippen molar-refractivity contribution < 1.29 is 31.9 Å². The molecule has 1 fully saturated rings. The number of ether oxygens (including phenoxy) is 1. The summed E-state index contributed by atoms with van der Waals surface area (Å²) in [5, 5.41) is 5.84. The van der Waals surface area contributed by atoms with Crippen LogP contribution in [0.5, 0.6) is 5.88 Å². The minimum Gasteiger partial charge on any atom is -0.478 e. The van der Waals surface area contributed by atoms with Crippen molar-refractivity contribution in [1.82, 2.24) is 20.5 Å². The topological polar surface area (TPSA) is 99.2 Å². The Morgan fingerprint density at radius 1 is 1.11 bits per heavy atom. The van der Waals surface area contributed by atoms with Gasteiger partial charge in [-0.2, -0.15) is 13.2 Å². The highest BCUT2D eigenvalue weighted by Gasteiger charge is 2.38. The molecule has 2 aliphatic rings. The molecule has 46 heavy (non-hydrogen) atoms. The van der Waals surface area contributed by atoms with Gasteiger partial charge in [0.05, 0.1) is 42.1 Å². The van der Waals surface area contributed by atoms with Gasteiger partial charge in [-0.25, -0.2) is 9.37 Å². The molecule has 0 spiro atoms. The lowest BCUT2D eigenvalue weighted by Gasteiger charge is -2.43. The smallest absolute Gasteiger partial charge is 0.417 e. The fraction of sp³-hybridized carbons (Fsp3) is 0.394. The maximum atomic E-state index is 16.6. The van der Waals surface area contributed by atoms with Crippen LogP contribution in [0.25, 0.3) is 11.1 Å². The van der Waals surface area contributed by atoms with E-state index in [0.29, 0.717) is 48.8 Å². The zero-order valence-corrected chi connectivity index (χ0v) is 25.9. The molecule has 1 saturated heterocycles. The van der Waals surface area contributed by atoms with Crippen molar-refractivity contribution in [2.24, 2.45) is 4.99 Å². The number of amidine groups is 1. The number of hydrogen-bond acceptors (Lipinski definition) is 7. The number of carbonyl (C=O) groups is 2. The highest BCUT2D eigenvalue weighted by molar-refractivity contribution is 6.03. The average Bonchev–Trinajstić information content (AvgIpc) is 3.57. The van der Waals surface area contributed by atoms with Crippen molar-refractivity contribution in [2.75, 3.05) is 50.8 Å². The number of benzene rings is 2. The second-order valence-corrected chi connectivity index (χ2v) is 11.1. The van der Waals surface area contributed by atoms with Gasteiger partial charge in [0.2, 0.25) is 5.88 Å². The Hall–Kier alpha value is -4.68. The number of pyridine rings is 1. The number of nitrogens with one attached hydrogen (secondary N) is 2. The van der Waals surface area contributed by atoms with E-state index in [2.05, 4.69) is 20.6 Å². The number of aliphatic imine (C=N–C) groups is 1. The van der Waals surface area contributed by atoms with E-state index in [0.717, 1.165) is 6.07 Å². The number of nitrogens with zero attached hydrogens (tertiary/aromatic N) is 4. The van der Waals surface area contributed by atoms with Gasteiger partial charge in [-0.3, -0.25) is 14.6 Å². The first kappa shape index (κ1) is 32.7. The maximum Gasteiger partial charge on any atom is 0.417 e. The molecule has 0 unspecified atom stereocenters. The zero-order valence-electron chi connectivity index (χ0n) is 25.9. The first-order valence-electron chi connectivity index (χ1n) is 15.2. The van der Waals surface area contributed by atoms with E-state index < -0.39 is 41.0 Å². The van der Waals surface area contributed by atoms with Crippen molar-refractivity contribution in [3.63, 3.8) is 0 Å². The molecule has 2 aromatic carbocycles. The molecule has 2 amide bonds. The summed E-state index contributed by atoms with van der Waals surface area (Å²) in [5.74, 6) is -1.34. The number of anilines is 1. The quantitative estimate of drug-likeness (QED) is 0.317. The van der Waals surface area contributed by atoms with Gasteiger partial charge in [-0.1, -0.05) is 18.6 Å². The fourth-order valence-corrected chi connectivity index (χ4v) is 5.85. The summed E-state index contributed by atoms with van der Waals surface area (Å²) < 4.78 is 63.8. The number of amides is 2. The first-order valence-corrected chi connectivity index (χ1v) is 15.2. The predicted octanol–water partition coefficient (Wildman–Crippen LogP) is 5.09. The molecule has 2 aliphatic heterocycles. The van der Waals surface area contributed by atoms with Crippen LogP contribution in [0.1, 0.15) is 52.1 Å². The summed E-state index contributed by atoms with van der Waals surface area (Å²) in [7, 11) is 0. The average molecular weight is 641 g/mol. The van der Waals surface area contributed by atoms with E-state index in [1.807, 2.05) is 11.8 Å². The van der Waals surface area contributed by atoms with Gasteiger partial charge in [0.1, 0.15) is 11.7 Å². The number of carbonyl (C=O) groups excluding carboxylic acids is 2. The number of halogens is 4. The number of aryl methyl sites for hydroxylation is 1. The molecule has 0 aliphatic carbocycles. The van der Waals surface area contributed by atoms with E-state index in [1.54, 1.807) is 31.2 Å². The van der Waals surface area contributed by atoms with E-state index in [1.165, 1.54) is 30.2 Å². The lowest BCUT2D eigenvalue weighted by Crippen LogP contribution is -2.55. The summed E-state index contributed by atoms with van der Waals surface area (Å²) in [5.41, 5.74) is -0.375. The van der Waals surface area contributed by atoms with Crippen LogP contribution in [0.15, 0.2) is 53.7 Å². The molecule has 5 rings (SSSR count). The van der Waals surface area contributed by atoms with Crippen LogP contribution in [0.3, 0.4) is 0 Å². The van der Waals surface area contributed by atoms with Gasteiger partial charge >= 0.3 is 6.18 Å². The van der Waals surface area contributed by atoms with Crippen LogP contribution in [0, 0.1) is 12.7 Å². The molecular weight excluding hydrogens is 604 g/mol. The third-order valence-corrected chi connectivity index (χ3v) is 8.11. The largest absolute Gasteiger partial charge is 0.478 e. The van der Waals surface area contributed by atoms with Gasteiger partial charge in [0.25, 0.3) is 11.8 Å². The Morgan fingerprint density at radius 2 is 1.91 bits per heavy atom. The molecule has 3 heterocycles. The highest BCUT2D eigenvalue weighted by Crippen LogP contribution is 2.38. The lowest BCUT2D eigenvalue weighted by atomic mass is 9.97. The van der Waals surface area contributed by atoms with Gasteiger partial charge < -0.3 is 25.2 Å². The molecule has 0 bridgehead atoms. The van der Waals surface area contributed by atoms with Crippen LogP contribution in [-0.2, 0) is 6.18 Å². The van der Waals surface area contributed by atoms with Crippen LogP contribution >= 0.6 is 0 Å². The zero-order chi connectivity index (χ0) is 33.0. The molecule has 1 aromatic heterocycles. The summed E-state index contributed by atoms with van der Waals surface area (Å²) in [4.78, 5) is 38.9. The monoisotopic (exact) mass is 640 g/mol. The number of rotatable bonds is 9. The van der Waals surface area contributed by atoms with E-state index in [9.17, 15) is 22.8 Å². The van der Waals surface area contributed by atoms with Gasteiger partial charge in [0, 0.05) is 49.5 Å². The molecule has 1 atom stereocenters. The Labute approximate surface area is 264 Å². The number of aromatic nitrogens is 1. The van der Waals surface area contributed by atoms with Crippen molar-refractivity contribution in [2.45, 2.75) is 39.4 Å². The number of piperazine rings is 1. The SMILES string of the molecule is CCOc1ncccc1-c1ccc(N2CCN(C(=O)c3ccc(C)cc3C(F)(F)F)C[C@H]2CC)c(C(=O)NCC2=NCCN2)c1F. The molecule has 13 heteroatoms. The van der Waals surface area contributed by atoms with Crippen LogP contribution in [0.2, 0.25) is 0 Å². The van der Waals surface area contributed by atoms with E-state index >= 15 is 4.39 Å². The summed E-state index contributed by atoms with van der Waals surface area (Å²) in [6, 6.07) is 9.79. The predicted molar refractivity (Wildman–Crippen MR) is 167 cm³/mol. The van der Waals surface area contributed by atoms with Crippen molar-refractivity contribution in [1.29, 1.82) is 0 Å². The Morgan fingerprint density at radius 3 is 2.61 bits per heavy atom. The third-order valence-electron chi connectivity index (χ3n) is 8.11. The minimum atomic E-state index is -4.69. The van der Waals surface area contributed by atoms with E-state index in [-0.39, 0.29) is 43.2 Å². The van der Waals surface area contributed by atoms with Crippen LogP contribution < -0.4 is 20.3 Å². The first-order chi connectivity index (χ1) is 22.0. The second kappa shape index (κ2) is 13.8. The minimum absolute atomic E-state index is 0.0722. The lowest BCUT2D eigenvalue weighted by molar-refractivity contribution is -0.138. The van der Waals surface area contributed by atoms with Crippen LogP contribution in [-0.4, -0.2) is 79.5 Å². The normalized spacial score (nSPS) is 16.6. The fourth-order valence-electron chi connectivity index (χ4n) is 5.85. The Balaban J connectivity index is 1.49. The number of alkyl halides is 3. The summed E-state index contributed by atoms with van der Waals surface area (Å²) >= 11 is 0. The maximum absolute atomic E-state index is 16.6. The molecule has 0 radical (unpaired) electrons. The molecule has 9 nitrogen and oxygen atoms in total. The summed E-state index contributed by atoms with van der Waals surface area (Å²) in [6.45, 7) is 7.14. The molecule has 244 valence electrons. The highest BCUT2D eigenvalue weighted by atomic mass is 19.4. The van der Waals surface area contributed by atoms with Gasteiger partial charge in [0.15, 0.2) is 0 Å². The molecule has 3 aromatic rings. The third kappa shape index (κ3) is 6.77. The Kier molecular flexibility index (Phi) is 9.78. The summed E-state index contributed by atoms with van der Waals surface area (Å²) in [6.07, 6.45) is -2.68. The molecule has 0 saturated carbocycles. The van der Waals surface area contributed by atoms with E-state index in [4.69, 9.17) is 4.74 Å². The van der Waals surface area contributed by atoms with Crippen molar-refractivity contribution >= 4 is 23.3 Å². The van der Waals surface area contributed by atoms with Crippen molar-refractivity contribution in [3.05, 3.63) is 76.7 Å². The number of hydrogen-bond donors (Lipinski definition) is 2. The Bertz CT molecular complexity index is 1640.